The summed E-state index contributed by atoms with van der Waals surface area (Å²) < 4.78 is 13.4. The number of nitrogens with zero attached hydrogens (tertiary/aromatic N) is 1. The predicted octanol–water partition coefficient (Wildman–Crippen LogP) is 4.08. The third-order valence-corrected chi connectivity index (χ3v) is 5.77. The Morgan fingerprint density at radius 3 is 2.56 bits per heavy atom. The lowest BCUT2D eigenvalue weighted by Crippen LogP contribution is -2.42. The van der Waals surface area contributed by atoms with Crippen molar-refractivity contribution in [2.24, 2.45) is 11.7 Å². The number of rotatable bonds is 6. The molecule has 1 amide bonds. The van der Waals surface area contributed by atoms with Gasteiger partial charge in [0.25, 0.3) is 0 Å². The van der Waals surface area contributed by atoms with E-state index in [1.165, 1.54) is 18.9 Å². The molecule has 0 bridgehead atoms. The molecule has 5 heteroatoms. The Labute approximate surface area is 156 Å². The highest BCUT2D eigenvalue weighted by atomic mass is 35.5. The summed E-state index contributed by atoms with van der Waals surface area (Å²) in [6.07, 6.45) is 9.19. The third-order valence-electron chi connectivity index (χ3n) is 5.77. The van der Waals surface area contributed by atoms with Crippen molar-refractivity contribution in [1.29, 1.82) is 0 Å². The molecule has 2 fully saturated rings. The van der Waals surface area contributed by atoms with Gasteiger partial charge in [0.2, 0.25) is 5.91 Å². The number of halogens is 2. The normalized spacial score (nSPS) is 23.4. The minimum atomic E-state index is -0.205. The summed E-state index contributed by atoms with van der Waals surface area (Å²) in [4.78, 5) is 15.0. The van der Waals surface area contributed by atoms with Crippen LogP contribution in [0.25, 0.3) is 0 Å². The maximum absolute atomic E-state index is 13.4. The van der Waals surface area contributed by atoms with Gasteiger partial charge in [-0.3, -0.25) is 4.79 Å². The standard InChI is InChI=1S/C20H29FN2O.ClH/c21-17-7-3-5-15(13-17)11-12-23(18-8-1-2-9-18)20(24)14-16-6-4-10-19(16)22;/h3,5,7,13,16,18-19H,1-2,4,6,8-12,14,22H2;1H/t16-,19+;/m0./s1. The fourth-order valence-electron chi connectivity index (χ4n) is 4.33. The van der Waals surface area contributed by atoms with E-state index in [1.54, 1.807) is 12.1 Å². The van der Waals surface area contributed by atoms with Crippen LogP contribution < -0.4 is 5.73 Å². The fourth-order valence-corrected chi connectivity index (χ4v) is 4.33. The van der Waals surface area contributed by atoms with Crippen molar-refractivity contribution < 1.29 is 9.18 Å². The van der Waals surface area contributed by atoms with Gasteiger partial charge in [-0.1, -0.05) is 31.4 Å². The molecular formula is C20H30ClFN2O. The second-order valence-electron chi connectivity index (χ2n) is 7.46. The first-order chi connectivity index (χ1) is 11.6. The number of carbonyl (C=O) groups is 1. The van der Waals surface area contributed by atoms with Gasteiger partial charge in [-0.25, -0.2) is 4.39 Å². The Morgan fingerprint density at radius 1 is 1.16 bits per heavy atom. The first-order valence-electron chi connectivity index (χ1n) is 9.43. The van der Waals surface area contributed by atoms with Crippen LogP contribution in [0.4, 0.5) is 4.39 Å². The van der Waals surface area contributed by atoms with Crippen LogP contribution >= 0.6 is 12.4 Å². The number of hydrogen-bond acceptors (Lipinski definition) is 2. The van der Waals surface area contributed by atoms with Gasteiger partial charge < -0.3 is 10.6 Å². The van der Waals surface area contributed by atoms with Crippen molar-refractivity contribution >= 4 is 18.3 Å². The van der Waals surface area contributed by atoms with Crippen LogP contribution in [0, 0.1) is 11.7 Å². The first kappa shape index (κ1) is 20.2. The van der Waals surface area contributed by atoms with E-state index < -0.39 is 0 Å². The van der Waals surface area contributed by atoms with Crippen LogP contribution in [0.3, 0.4) is 0 Å². The van der Waals surface area contributed by atoms with Crippen molar-refractivity contribution in [3.05, 3.63) is 35.6 Å². The van der Waals surface area contributed by atoms with Gasteiger partial charge in [0.15, 0.2) is 0 Å². The number of benzene rings is 1. The van der Waals surface area contributed by atoms with Crippen LogP contribution in [-0.2, 0) is 11.2 Å². The minimum Gasteiger partial charge on any atom is -0.339 e. The van der Waals surface area contributed by atoms with Crippen LogP contribution in [-0.4, -0.2) is 29.4 Å². The molecule has 0 unspecified atom stereocenters. The van der Waals surface area contributed by atoms with E-state index in [-0.39, 0.29) is 30.2 Å². The summed E-state index contributed by atoms with van der Waals surface area (Å²) in [7, 11) is 0. The molecule has 0 saturated heterocycles. The zero-order chi connectivity index (χ0) is 16.9. The van der Waals surface area contributed by atoms with Crippen molar-refractivity contribution in [2.75, 3.05) is 6.54 Å². The summed E-state index contributed by atoms with van der Waals surface area (Å²) >= 11 is 0. The summed E-state index contributed by atoms with van der Waals surface area (Å²) in [5, 5.41) is 0. The van der Waals surface area contributed by atoms with Gasteiger partial charge in [-0.2, -0.15) is 0 Å². The van der Waals surface area contributed by atoms with Gasteiger partial charge in [0.1, 0.15) is 5.82 Å². The molecule has 1 aromatic rings. The Bertz CT molecular complexity index is 562. The molecule has 2 aliphatic rings. The second-order valence-corrected chi connectivity index (χ2v) is 7.46. The highest BCUT2D eigenvalue weighted by molar-refractivity contribution is 5.85. The lowest BCUT2D eigenvalue weighted by Gasteiger charge is -2.31. The average molecular weight is 369 g/mol. The Hall–Kier alpha value is -1.13. The number of carbonyl (C=O) groups excluding carboxylic acids is 1. The molecule has 0 spiro atoms. The SMILES string of the molecule is Cl.N[C@@H]1CCC[C@H]1CC(=O)N(CCc1cccc(F)c1)C1CCCC1. The van der Waals surface area contributed by atoms with E-state index >= 15 is 0 Å². The predicted molar refractivity (Wildman–Crippen MR) is 101 cm³/mol. The molecule has 0 heterocycles. The van der Waals surface area contributed by atoms with Crippen LogP contribution in [0.5, 0.6) is 0 Å². The Morgan fingerprint density at radius 2 is 1.92 bits per heavy atom. The zero-order valence-electron chi connectivity index (χ0n) is 14.8. The Balaban J connectivity index is 0.00000225. The largest absolute Gasteiger partial charge is 0.339 e. The molecule has 2 N–H and O–H groups in total. The van der Waals surface area contributed by atoms with Crippen molar-refractivity contribution in [1.82, 2.24) is 4.90 Å². The molecule has 2 saturated carbocycles. The minimum absolute atomic E-state index is 0. The average Bonchev–Trinajstić information content (AvgIpc) is 3.21. The smallest absolute Gasteiger partial charge is 0.223 e. The van der Waals surface area contributed by atoms with Gasteiger partial charge in [-0.15, -0.1) is 12.4 Å². The molecule has 3 nitrogen and oxygen atoms in total. The maximum Gasteiger partial charge on any atom is 0.223 e. The summed E-state index contributed by atoms with van der Waals surface area (Å²) in [5.74, 6) is 0.388. The molecule has 0 aliphatic heterocycles. The van der Waals surface area contributed by atoms with Crippen LogP contribution in [0.15, 0.2) is 24.3 Å². The second kappa shape index (κ2) is 9.54. The molecule has 0 aromatic heterocycles. The van der Waals surface area contributed by atoms with Crippen molar-refractivity contribution in [2.45, 2.75) is 69.9 Å². The molecule has 25 heavy (non-hydrogen) atoms. The van der Waals surface area contributed by atoms with E-state index in [4.69, 9.17) is 5.73 Å². The van der Waals surface area contributed by atoms with E-state index in [0.717, 1.165) is 44.1 Å². The van der Waals surface area contributed by atoms with Gasteiger partial charge in [0, 0.05) is 25.0 Å². The molecule has 1 aromatic carbocycles. The van der Waals surface area contributed by atoms with E-state index in [9.17, 15) is 9.18 Å². The van der Waals surface area contributed by atoms with Gasteiger partial charge >= 0.3 is 0 Å². The molecular weight excluding hydrogens is 339 g/mol. The van der Waals surface area contributed by atoms with E-state index in [1.807, 2.05) is 6.07 Å². The summed E-state index contributed by atoms with van der Waals surface area (Å²) in [6, 6.07) is 7.26. The topological polar surface area (TPSA) is 46.3 Å². The first-order valence-corrected chi connectivity index (χ1v) is 9.43. The fraction of sp³-hybridized carbons (Fsp3) is 0.650. The maximum atomic E-state index is 13.4. The molecule has 0 radical (unpaired) electrons. The molecule has 2 aliphatic carbocycles. The quantitative estimate of drug-likeness (QED) is 0.822. The Kier molecular flexibility index (Phi) is 7.70. The van der Waals surface area contributed by atoms with E-state index in [0.29, 0.717) is 24.9 Å². The van der Waals surface area contributed by atoms with Crippen molar-refractivity contribution in [3.8, 4) is 0 Å². The highest BCUT2D eigenvalue weighted by Gasteiger charge is 2.31. The van der Waals surface area contributed by atoms with E-state index in [2.05, 4.69) is 4.90 Å². The lowest BCUT2D eigenvalue weighted by atomic mass is 9.98. The number of hydrogen-bond donors (Lipinski definition) is 1. The molecule has 140 valence electrons. The molecule has 3 rings (SSSR count). The van der Waals surface area contributed by atoms with Crippen LogP contribution in [0.1, 0.15) is 56.9 Å². The summed E-state index contributed by atoms with van der Waals surface area (Å²) in [6.45, 7) is 0.689. The number of nitrogens with two attached hydrogens (primary N) is 1. The van der Waals surface area contributed by atoms with Crippen LogP contribution in [0.2, 0.25) is 0 Å². The summed E-state index contributed by atoms with van der Waals surface area (Å²) in [5.41, 5.74) is 7.11. The lowest BCUT2D eigenvalue weighted by molar-refractivity contribution is -0.134. The monoisotopic (exact) mass is 368 g/mol. The number of amides is 1. The van der Waals surface area contributed by atoms with Gasteiger partial charge in [-0.05, 0) is 55.7 Å². The van der Waals surface area contributed by atoms with Gasteiger partial charge in [0.05, 0.1) is 0 Å². The third kappa shape index (κ3) is 5.42. The molecule has 2 atom stereocenters. The zero-order valence-corrected chi connectivity index (χ0v) is 15.6. The highest BCUT2D eigenvalue weighted by Crippen LogP contribution is 2.30. The van der Waals surface area contributed by atoms with Crippen molar-refractivity contribution in [3.63, 3.8) is 0 Å².